The molecule has 1 N–H and O–H groups in total. The highest BCUT2D eigenvalue weighted by molar-refractivity contribution is 7.89. The van der Waals surface area contributed by atoms with E-state index in [9.17, 15) is 18.0 Å². The SMILES string of the molecule is COc1ccc(S(=O)(=O)N2CCOCC2)cc1NC(=O)COC(=O)C[C@@H]1C[C@H]2CC[C@@H]1C2. The van der Waals surface area contributed by atoms with E-state index in [1.165, 1.54) is 48.9 Å². The summed E-state index contributed by atoms with van der Waals surface area (Å²) in [7, 11) is -2.30. The fraction of sp³-hybridized carbons (Fsp3) is 0.636. The smallest absolute Gasteiger partial charge is 0.306 e. The number of amides is 1. The third kappa shape index (κ3) is 5.07. The summed E-state index contributed by atoms with van der Waals surface area (Å²) in [6.07, 6.45) is 5.09. The Morgan fingerprint density at radius 2 is 1.97 bits per heavy atom. The number of nitrogens with zero attached hydrogens (tertiary/aromatic N) is 1. The molecule has 0 unspecified atom stereocenters. The van der Waals surface area contributed by atoms with Crippen molar-refractivity contribution in [2.24, 2.45) is 17.8 Å². The van der Waals surface area contributed by atoms with Gasteiger partial charge in [-0.05, 0) is 55.2 Å². The lowest BCUT2D eigenvalue weighted by Gasteiger charge is -2.26. The second kappa shape index (κ2) is 9.76. The molecule has 0 aromatic heterocycles. The molecule has 3 aliphatic rings. The molecule has 10 heteroatoms. The van der Waals surface area contributed by atoms with Crippen molar-refractivity contribution in [3.8, 4) is 5.75 Å². The molecule has 2 aliphatic carbocycles. The number of esters is 1. The molecule has 0 radical (unpaired) electrons. The zero-order valence-electron chi connectivity index (χ0n) is 18.2. The van der Waals surface area contributed by atoms with Crippen LogP contribution in [0.3, 0.4) is 0 Å². The number of methoxy groups -OCH3 is 1. The minimum absolute atomic E-state index is 0.0452. The highest BCUT2D eigenvalue weighted by atomic mass is 32.2. The topological polar surface area (TPSA) is 111 Å². The number of morpholine rings is 1. The molecule has 1 aromatic rings. The fourth-order valence-electron chi connectivity index (χ4n) is 5.11. The molecule has 0 spiro atoms. The Bertz CT molecular complexity index is 959. The molecule has 1 amide bonds. The van der Waals surface area contributed by atoms with Crippen LogP contribution in [0.15, 0.2) is 23.1 Å². The number of rotatable bonds is 8. The molecule has 32 heavy (non-hydrogen) atoms. The van der Waals surface area contributed by atoms with E-state index in [2.05, 4.69) is 5.32 Å². The summed E-state index contributed by atoms with van der Waals surface area (Å²) in [5, 5.41) is 2.60. The van der Waals surface area contributed by atoms with Gasteiger partial charge in [0, 0.05) is 19.5 Å². The third-order valence-electron chi connectivity index (χ3n) is 6.73. The van der Waals surface area contributed by atoms with Crippen molar-refractivity contribution in [2.45, 2.75) is 37.0 Å². The molecule has 2 bridgehead atoms. The molecule has 1 aliphatic heterocycles. The molecular formula is C22H30N2O7S. The van der Waals surface area contributed by atoms with E-state index in [0.717, 1.165) is 12.3 Å². The number of carbonyl (C=O) groups excluding carboxylic acids is 2. The van der Waals surface area contributed by atoms with E-state index in [1.807, 2.05) is 0 Å². The molecule has 3 atom stereocenters. The van der Waals surface area contributed by atoms with Crippen LogP contribution in [-0.2, 0) is 29.1 Å². The maximum Gasteiger partial charge on any atom is 0.306 e. The van der Waals surface area contributed by atoms with E-state index in [1.54, 1.807) is 0 Å². The van der Waals surface area contributed by atoms with E-state index in [0.29, 0.717) is 37.2 Å². The standard InChI is InChI=1S/C22H30N2O7S/c1-29-20-5-4-18(32(27,28)24-6-8-30-9-7-24)13-19(20)23-21(25)14-31-22(26)12-17-11-15-2-3-16(17)10-15/h4-5,13,15-17H,2-3,6-12,14H2,1H3,(H,23,25)/t15-,16+,17-/m0/s1. The van der Waals surface area contributed by atoms with Gasteiger partial charge >= 0.3 is 5.97 Å². The normalized spacial score (nSPS) is 25.5. The number of ether oxygens (including phenoxy) is 3. The average Bonchev–Trinajstić information content (AvgIpc) is 3.41. The maximum absolute atomic E-state index is 12.9. The van der Waals surface area contributed by atoms with Crippen LogP contribution in [0.1, 0.15) is 32.1 Å². The monoisotopic (exact) mass is 466 g/mol. The summed E-state index contributed by atoms with van der Waals surface area (Å²) in [6, 6.07) is 4.29. The summed E-state index contributed by atoms with van der Waals surface area (Å²) in [5.74, 6) is 1.12. The van der Waals surface area contributed by atoms with Crippen LogP contribution < -0.4 is 10.1 Å². The first kappa shape index (κ1) is 23.0. The summed E-state index contributed by atoms with van der Waals surface area (Å²) in [6.45, 7) is 0.797. The third-order valence-corrected chi connectivity index (χ3v) is 8.63. The Labute approximate surface area is 188 Å². The first-order chi connectivity index (χ1) is 15.4. The largest absolute Gasteiger partial charge is 0.495 e. The van der Waals surface area contributed by atoms with Crippen molar-refractivity contribution >= 4 is 27.6 Å². The van der Waals surface area contributed by atoms with Gasteiger partial charge in [0.2, 0.25) is 10.0 Å². The van der Waals surface area contributed by atoms with Crippen molar-refractivity contribution in [1.29, 1.82) is 0 Å². The van der Waals surface area contributed by atoms with E-state index in [-0.39, 0.29) is 29.6 Å². The van der Waals surface area contributed by atoms with Crippen molar-refractivity contribution in [3.05, 3.63) is 18.2 Å². The van der Waals surface area contributed by atoms with Gasteiger partial charge in [0.15, 0.2) is 6.61 Å². The minimum atomic E-state index is -3.73. The number of sulfonamides is 1. The number of hydrogen-bond donors (Lipinski definition) is 1. The fourth-order valence-corrected chi connectivity index (χ4v) is 6.55. The van der Waals surface area contributed by atoms with Crippen LogP contribution in [0.4, 0.5) is 5.69 Å². The van der Waals surface area contributed by atoms with Crippen LogP contribution in [0, 0.1) is 17.8 Å². The predicted molar refractivity (Wildman–Crippen MR) is 116 cm³/mol. The zero-order valence-corrected chi connectivity index (χ0v) is 19.1. The number of hydrogen-bond acceptors (Lipinski definition) is 7. The van der Waals surface area contributed by atoms with Crippen molar-refractivity contribution in [1.82, 2.24) is 4.31 Å². The zero-order chi connectivity index (χ0) is 22.7. The van der Waals surface area contributed by atoms with Crippen LogP contribution in [0.2, 0.25) is 0 Å². The van der Waals surface area contributed by atoms with Gasteiger partial charge in [-0.15, -0.1) is 0 Å². The van der Waals surface area contributed by atoms with Crippen LogP contribution >= 0.6 is 0 Å². The number of fused-ring (bicyclic) bond motifs is 2. The summed E-state index contributed by atoms with van der Waals surface area (Å²) < 4.78 is 42.8. The van der Waals surface area contributed by atoms with Crippen molar-refractivity contribution in [3.63, 3.8) is 0 Å². The summed E-state index contributed by atoms with van der Waals surface area (Å²) in [5.41, 5.74) is 0.205. The highest BCUT2D eigenvalue weighted by Crippen LogP contribution is 2.49. The van der Waals surface area contributed by atoms with Crippen molar-refractivity contribution in [2.75, 3.05) is 45.3 Å². The Morgan fingerprint density at radius 3 is 2.62 bits per heavy atom. The average molecular weight is 467 g/mol. The van der Waals surface area contributed by atoms with Crippen molar-refractivity contribution < 1.29 is 32.2 Å². The molecule has 176 valence electrons. The van der Waals surface area contributed by atoms with E-state index >= 15 is 0 Å². The lowest BCUT2D eigenvalue weighted by Crippen LogP contribution is -2.40. The number of anilines is 1. The molecular weight excluding hydrogens is 436 g/mol. The number of benzene rings is 1. The van der Waals surface area contributed by atoms with Crippen LogP contribution in [-0.4, -0.2) is 64.6 Å². The number of carbonyl (C=O) groups is 2. The molecule has 4 rings (SSSR count). The lowest BCUT2D eigenvalue weighted by molar-refractivity contribution is -0.148. The van der Waals surface area contributed by atoms with Gasteiger partial charge in [-0.3, -0.25) is 9.59 Å². The van der Waals surface area contributed by atoms with E-state index < -0.39 is 22.5 Å². The molecule has 1 aromatic carbocycles. The molecule has 3 fully saturated rings. The highest BCUT2D eigenvalue weighted by Gasteiger charge is 2.40. The summed E-state index contributed by atoms with van der Waals surface area (Å²) >= 11 is 0. The maximum atomic E-state index is 12.9. The Morgan fingerprint density at radius 1 is 1.19 bits per heavy atom. The van der Waals surface area contributed by atoms with E-state index in [4.69, 9.17) is 14.2 Å². The lowest BCUT2D eigenvalue weighted by atomic mass is 9.86. The van der Waals surface area contributed by atoms with Gasteiger partial charge in [-0.25, -0.2) is 8.42 Å². The first-order valence-corrected chi connectivity index (χ1v) is 12.5. The van der Waals surface area contributed by atoms with Gasteiger partial charge in [0.05, 0.1) is 30.9 Å². The molecule has 2 saturated carbocycles. The molecule has 1 saturated heterocycles. The van der Waals surface area contributed by atoms with Gasteiger partial charge in [-0.1, -0.05) is 6.42 Å². The second-order valence-electron chi connectivity index (χ2n) is 8.73. The first-order valence-electron chi connectivity index (χ1n) is 11.1. The van der Waals surface area contributed by atoms with Gasteiger partial charge in [0.1, 0.15) is 5.75 Å². The molecule has 9 nitrogen and oxygen atoms in total. The quantitative estimate of drug-likeness (QED) is 0.584. The Hall–Kier alpha value is -2.17. The van der Waals surface area contributed by atoms with Crippen LogP contribution in [0.5, 0.6) is 5.75 Å². The number of nitrogens with one attached hydrogen (secondary N) is 1. The summed E-state index contributed by atoms with van der Waals surface area (Å²) in [4.78, 5) is 24.6. The minimum Gasteiger partial charge on any atom is -0.495 e. The predicted octanol–water partition coefficient (Wildman–Crippen LogP) is 2.02. The Kier molecular flexibility index (Phi) is 7.02. The van der Waals surface area contributed by atoms with Crippen LogP contribution in [0.25, 0.3) is 0 Å². The molecule has 1 heterocycles. The second-order valence-corrected chi connectivity index (χ2v) is 10.7. The van der Waals surface area contributed by atoms with Gasteiger partial charge < -0.3 is 19.5 Å². The Balaban J connectivity index is 1.35. The van der Waals surface area contributed by atoms with Gasteiger partial charge in [-0.2, -0.15) is 4.31 Å². The van der Waals surface area contributed by atoms with Gasteiger partial charge in [0.25, 0.3) is 5.91 Å².